The van der Waals surface area contributed by atoms with Crippen LogP contribution < -0.4 is 4.90 Å². The molecule has 0 spiro atoms. The first-order valence-electron chi connectivity index (χ1n) is 7.09. The van der Waals surface area contributed by atoms with E-state index in [1.807, 2.05) is 0 Å². The topological polar surface area (TPSA) is 36.4 Å². The summed E-state index contributed by atoms with van der Waals surface area (Å²) in [6, 6.07) is 0.687. The second-order valence-corrected chi connectivity index (χ2v) is 6.71. The Hall–Kier alpha value is -0.940. The van der Waals surface area contributed by atoms with E-state index in [0.29, 0.717) is 18.2 Å². The largest absolute Gasteiger partial charge is 0.348 e. The molecule has 0 unspecified atom stereocenters. The first kappa shape index (κ1) is 13.1. The van der Waals surface area contributed by atoms with E-state index in [2.05, 4.69) is 23.9 Å². The number of piperidine rings is 1. The van der Waals surface area contributed by atoms with Gasteiger partial charge in [-0.3, -0.25) is 4.79 Å². The zero-order valence-electron chi connectivity index (χ0n) is 11.7. The van der Waals surface area contributed by atoms with E-state index in [9.17, 15) is 4.79 Å². The number of anilines is 1. The van der Waals surface area contributed by atoms with Gasteiger partial charge in [-0.2, -0.15) is 0 Å². The molecule has 1 aromatic heterocycles. The van der Waals surface area contributed by atoms with Crippen molar-refractivity contribution in [2.75, 3.05) is 32.1 Å². The number of hydrogen-bond acceptors (Lipinski definition) is 5. The van der Waals surface area contributed by atoms with Crippen LogP contribution in [0.25, 0.3) is 0 Å². The third-order valence-corrected chi connectivity index (χ3v) is 5.42. The predicted octanol–water partition coefficient (Wildman–Crippen LogP) is 2.19. The molecule has 19 heavy (non-hydrogen) atoms. The molecule has 1 fully saturated rings. The summed E-state index contributed by atoms with van der Waals surface area (Å²) >= 11 is 1.61. The van der Waals surface area contributed by atoms with Gasteiger partial charge in [0.25, 0.3) is 0 Å². The number of nitrogens with zero attached hydrogens (tertiary/aromatic N) is 3. The van der Waals surface area contributed by atoms with E-state index < -0.39 is 0 Å². The van der Waals surface area contributed by atoms with E-state index in [4.69, 9.17) is 4.98 Å². The fourth-order valence-electron chi connectivity index (χ4n) is 2.97. The van der Waals surface area contributed by atoms with Crippen LogP contribution >= 0.6 is 11.3 Å². The summed E-state index contributed by atoms with van der Waals surface area (Å²) in [5.41, 5.74) is 1.05. The molecule has 104 valence electrons. The average molecular weight is 279 g/mol. The standard InChI is InChI=1S/C14H21N3OS/c1-16(2)10-6-8-17(9-7-10)14-15-11-4-3-5-12(18)13(11)19-14/h10H,3-9H2,1-2H3. The molecule has 0 aromatic carbocycles. The third kappa shape index (κ3) is 2.54. The summed E-state index contributed by atoms with van der Waals surface area (Å²) < 4.78 is 0. The van der Waals surface area contributed by atoms with Crippen molar-refractivity contribution in [3.63, 3.8) is 0 Å². The van der Waals surface area contributed by atoms with E-state index in [1.54, 1.807) is 11.3 Å². The number of carbonyl (C=O) groups excluding carboxylic acids is 1. The normalized spacial score (nSPS) is 21.0. The highest BCUT2D eigenvalue weighted by molar-refractivity contribution is 7.17. The van der Waals surface area contributed by atoms with Crippen molar-refractivity contribution in [2.45, 2.75) is 38.1 Å². The van der Waals surface area contributed by atoms with Crippen molar-refractivity contribution in [1.29, 1.82) is 0 Å². The summed E-state index contributed by atoms with van der Waals surface area (Å²) in [6.45, 7) is 2.12. The second-order valence-electron chi connectivity index (χ2n) is 5.73. The van der Waals surface area contributed by atoms with Crippen molar-refractivity contribution in [1.82, 2.24) is 9.88 Å². The number of ketones is 1. The minimum atomic E-state index is 0.299. The molecule has 0 N–H and O–H groups in total. The molecule has 2 aliphatic rings. The van der Waals surface area contributed by atoms with Crippen LogP contribution in [0.2, 0.25) is 0 Å². The molecule has 0 saturated carbocycles. The Bertz CT molecular complexity index is 475. The summed E-state index contributed by atoms with van der Waals surface area (Å²) in [5, 5.41) is 1.07. The first-order valence-corrected chi connectivity index (χ1v) is 7.91. The summed E-state index contributed by atoms with van der Waals surface area (Å²) in [4.78, 5) is 22.2. The van der Waals surface area contributed by atoms with E-state index in [0.717, 1.165) is 41.6 Å². The van der Waals surface area contributed by atoms with Crippen molar-refractivity contribution in [2.24, 2.45) is 0 Å². The quantitative estimate of drug-likeness (QED) is 0.831. The van der Waals surface area contributed by atoms with Gasteiger partial charge < -0.3 is 9.80 Å². The van der Waals surface area contributed by atoms with Crippen molar-refractivity contribution in [3.8, 4) is 0 Å². The lowest BCUT2D eigenvalue weighted by molar-refractivity contribution is 0.0976. The maximum atomic E-state index is 11.9. The zero-order chi connectivity index (χ0) is 13.4. The summed E-state index contributed by atoms with van der Waals surface area (Å²) in [6.07, 6.45) is 5.02. The number of hydrogen-bond donors (Lipinski definition) is 0. The Morgan fingerprint density at radius 1 is 1.26 bits per heavy atom. The predicted molar refractivity (Wildman–Crippen MR) is 78.3 cm³/mol. The van der Waals surface area contributed by atoms with Crippen LogP contribution in [0.1, 0.15) is 41.0 Å². The van der Waals surface area contributed by atoms with E-state index >= 15 is 0 Å². The van der Waals surface area contributed by atoms with Crippen LogP contribution in [0.5, 0.6) is 0 Å². The number of thiazole rings is 1. The number of carbonyl (C=O) groups is 1. The van der Waals surface area contributed by atoms with E-state index in [1.165, 1.54) is 12.8 Å². The Morgan fingerprint density at radius 2 is 2.00 bits per heavy atom. The van der Waals surface area contributed by atoms with Crippen LogP contribution in [-0.2, 0) is 6.42 Å². The SMILES string of the molecule is CN(C)C1CCN(c2nc3c(s2)C(=O)CCC3)CC1. The summed E-state index contributed by atoms with van der Waals surface area (Å²) in [7, 11) is 4.31. The van der Waals surface area contributed by atoms with Crippen LogP contribution in [0.4, 0.5) is 5.13 Å². The highest BCUT2D eigenvalue weighted by atomic mass is 32.1. The van der Waals surface area contributed by atoms with Crippen molar-refractivity contribution < 1.29 is 4.79 Å². The minimum absolute atomic E-state index is 0.299. The van der Waals surface area contributed by atoms with Gasteiger partial charge in [0.05, 0.1) is 10.6 Å². The van der Waals surface area contributed by atoms with Gasteiger partial charge in [0.15, 0.2) is 10.9 Å². The van der Waals surface area contributed by atoms with Crippen LogP contribution in [-0.4, -0.2) is 48.9 Å². The molecule has 2 heterocycles. The maximum absolute atomic E-state index is 11.9. The van der Waals surface area contributed by atoms with Gasteiger partial charge in [-0.15, -0.1) is 0 Å². The second kappa shape index (κ2) is 5.21. The van der Waals surface area contributed by atoms with Gasteiger partial charge in [0.2, 0.25) is 0 Å². The maximum Gasteiger partial charge on any atom is 0.186 e. The molecule has 1 aliphatic heterocycles. The molecule has 3 rings (SSSR count). The first-order chi connectivity index (χ1) is 9.15. The zero-order valence-corrected chi connectivity index (χ0v) is 12.5. The molecule has 5 heteroatoms. The fraction of sp³-hybridized carbons (Fsp3) is 0.714. The number of Topliss-reactive ketones (excluding diaryl/α,β-unsaturated/α-hetero) is 1. The average Bonchev–Trinajstić information content (AvgIpc) is 2.84. The smallest absolute Gasteiger partial charge is 0.186 e. The van der Waals surface area contributed by atoms with Gasteiger partial charge >= 0.3 is 0 Å². The van der Waals surface area contributed by atoms with Crippen LogP contribution in [0.15, 0.2) is 0 Å². The van der Waals surface area contributed by atoms with Gasteiger partial charge in [0, 0.05) is 25.6 Å². The molecule has 1 saturated heterocycles. The van der Waals surface area contributed by atoms with Crippen LogP contribution in [0.3, 0.4) is 0 Å². The molecule has 1 aromatic rings. The number of aryl methyl sites for hydroxylation is 1. The number of rotatable bonds is 2. The van der Waals surface area contributed by atoms with Gasteiger partial charge in [-0.05, 0) is 39.8 Å². The minimum Gasteiger partial charge on any atom is -0.348 e. The lowest BCUT2D eigenvalue weighted by atomic mass is 10.0. The fourth-order valence-corrected chi connectivity index (χ4v) is 4.10. The van der Waals surface area contributed by atoms with Crippen molar-refractivity contribution >= 4 is 22.3 Å². The number of aromatic nitrogens is 1. The molecule has 0 amide bonds. The molecule has 1 aliphatic carbocycles. The lowest BCUT2D eigenvalue weighted by Crippen LogP contribution is -2.41. The Balaban J connectivity index is 1.72. The van der Waals surface area contributed by atoms with Crippen LogP contribution in [0, 0.1) is 0 Å². The molecule has 0 atom stereocenters. The Labute approximate surface area is 118 Å². The molecule has 0 radical (unpaired) electrons. The van der Waals surface area contributed by atoms with Gasteiger partial charge in [-0.25, -0.2) is 4.98 Å². The highest BCUT2D eigenvalue weighted by Gasteiger charge is 2.27. The lowest BCUT2D eigenvalue weighted by Gasteiger charge is -2.35. The highest BCUT2D eigenvalue weighted by Crippen LogP contribution is 2.33. The molecular weight excluding hydrogens is 258 g/mol. The van der Waals surface area contributed by atoms with Gasteiger partial charge in [-0.1, -0.05) is 11.3 Å². The molecule has 0 bridgehead atoms. The monoisotopic (exact) mass is 279 g/mol. The van der Waals surface area contributed by atoms with E-state index in [-0.39, 0.29) is 0 Å². The number of fused-ring (bicyclic) bond motifs is 1. The third-order valence-electron chi connectivity index (χ3n) is 4.22. The molecular formula is C14H21N3OS. The Kier molecular flexibility index (Phi) is 3.58. The summed E-state index contributed by atoms with van der Waals surface area (Å²) in [5.74, 6) is 0.299. The van der Waals surface area contributed by atoms with Crippen molar-refractivity contribution in [3.05, 3.63) is 10.6 Å². The van der Waals surface area contributed by atoms with Gasteiger partial charge in [0.1, 0.15) is 0 Å². The Morgan fingerprint density at radius 3 is 2.63 bits per heavy atom. The molecule has 4 nitrogen and oxygen atoms in total.